The molecule has 7 nitrogen and oxygen atoms in total. The molecule has 1 saturated heterocycles. The quantitative estimate of drug-likeness (QED) is 0.560. The van der Waals surface area contributed by atoms with E-state index >= 15 is 0 Å². The molecule has 1 aliphatic heterocycles. The van der Waals surface area contributed by atoms with Crippen LogP contribution in [0.3, 0.4) is 0 Å². The van der Waals surface area contributed by atoms with Crippen LogP contribution >= 0.6 is 11.6 Å². The Labute approximate surface area is 173 Å². The highest BCUT2D eigenvalue weighted by atomic mass is 35.5. The molecule has 2 unspecified atom stereocenters. The number of ether oxygens (including phenoxy) is 1. The average molecular weight is 416 g/mol. The minimum atomic E-state index is -0.744. The molecular weight excluding hydrogens is 394 g/mol. The van der Waals surface area contributed by atoms with Crippen LogP contribution in [-0.2, 0) is 9.59 Å². The second-order valence-electron chi connectivity index (χ2n) is 6.73. The van der Waals surface area contributed by atoms with E-state index in [1.165, 1.54) is 18.0 Å². The first-order chi connectivity index (χ1) is 13.8. The summed E-state index contributed by atoms with van der Waals surface area (Å²) in [5.74, 6) is -0.807. The number of benzene rings is 2. The fraction of sp³-hybridized carbons (Fsp3) is 0.286. The standard InChI is InChI=1S/C21H22ClN3O4/c1-4-29-17-11-15(23-13(3)26)9-10-16(17)20(27)24-25-19(18(22)21(25)28)14-7-5-12(2)6-8-14/h5-11,18-19H,4H2,1-3H3,(H,23,26)(H,24,27). The number of halogens is 1. The van der Waals surface area contributed by atoms with Crippen LogP contribution in [0.15, 0.2) is 42.5 Å². The summed E-state index contributed by atoms with van der Waals surface area (Å²) in [5, 5.41) is 3.14. The van der Waals surface area contributed by atoms with Crippen LogP contribution in [0.1, 0.15) is 41.4 Å². The van der Waals surface area contributed by atoms with E-state index < -0.39 is 17.3 Å². The van der Waals surface area contributed by atoms with E-state index in [2.05, 4.69) is 10.7 Å². The van der Waals surface area contributed by atoms with E-state index in [1.54, 1.807) is 19.1 Å². The minimum Gasteiger partial charge on any atom is -0.493 e. The van der Waals surface area contributed by atoms with Crippen molar-refractivity contribution in [2.24, 2.45) is 0 Å². The lowest BCUT2D eigenvalue weighted by Crippen LogP contribution is -2.63. The molecule has 1 aliphatic rings. The first-order valence-electron chi connectivity index (χ1n) is 9.21. The van der Waals surface area contributed by atoms with Crippen molar-refractivity contribution in [1.82, 2.24) is 10.4 Å². The van der Waals surface area contributed by atoms with Crippen LogP contribution in [-0.4, -0.2) is 34.7 Å². The highest BCUT2D eigenvalue weighted by molar-refractivity contribution is 6.33. The molecular formula is C21H22ClN3O4. The Bertz CT molecular complexity index is 945. The topological polar surface area (TPSA) is 87.7 Å². The summed E-state index contributed by atoms with van der Waals surface area (Å²) in [5.41, 5.74) is 5.30. The van der Waals surface area contributed by atoms with E-state index in [0.29, 0.717) is 18.0 Å². The molecule has 0 bridgehead atoms. The van der Waals surface area contributed by atoms with Gasteiger partial charge in [0.15, 0.2) is 0 Å². The van der Waals surface area contributed by atoms with Gasteiger partial charge in [0.25, 0.3) is 11.8 Å². The van der Waals surface area contributed by atoms with Crippen LogP contribution in [0.4, 0.5) is 5.69 Å². The van der Waals surface area contributed by atoms with Gasteiger partial charge in [-0.1, -0.05) is 29.8 Å². The van der Waals surface area contributed by atoms with Gasteiger partial charge < -0.3 is 10.1 Å². The Morgan fingerprint density at radius 3 is 2.48 bits per heavy atom. The minimum absolute atomic E-state index is 0.232. The molecule has 29 heavy (non-hydrogen) atoms. The van der Waals surface area contributed by atoms with Crippen molar-refractivity contribution in [3.63, 3.8) is 0 Å². The molecule has 152 valence electrons. The Hall–Kier alpha value is -3.06. The van der Waals surface area contributed by atoms with Crippen molar-refractivity contribution in [3.05, 3.63) is 59.2 Å². The Kier molecular flexibility index (Phi) is 6.08. The molecule has 8 heteroatoms. The van der Waals surface area contributed by atoms with E-state index in [1.807, 2.05) is 31.2 Å². The zero-order valence-electron chi connectivity index (χ0n) is 16.4. The van der Waals surface area contributed by atoms with Gasteiger partial charge in [0.1, 0.15) is 17.2 Å². The normalized spacial score (nSPS) is 18.1. The number of hydrogen-bond acceptors (Lipinski definition) is 4. The number of carbonyl (C=O) groups is 3. The molecule has 0 spiro atoms. The molecule has 2 N–H and O–H groups in total. The SMILES string of the molecule is CCOc1cc(NC(C)=O)ccc1C(=O)NN1C(=O)C(Cl)C1c1ccc(C)cc1. The van der Waals surface area contributed by atoms with E-state index in [0.717, 1.165) is 11.1 Å². The fourth-order valence-electron chi connectivity index (χ4n) is 3.10. The van der Waals surface area contributed by atoms with Gasteiger partial charge in [0, 0.05) is 18.7 Å². The van der Waals surface area contributed by atoms with Crippen LogP contribution in [0.2, 0.25) is 0 Å². The number of carbonyl (C=O) groups excluding carboxylic acids is 3. The predicted molar refractivity (Wildman–Crippen MR) is 110 cm³/mol. The van der Waals surface area contributed by atoms with Crippen LogP contribution in [0.25, 0.3) is 0 Å². The first kappa shape index (κ1) is 20.7. The van der Waals surface area contributed by atoms with Gasteiger partial charge in [0.2, 0.25) is 5.91 Å². The summed E-state index contributed by atoms with van der Waals surface area (Å²) < 4.78 is 5.54. The lowest BCUT2D eigenvalue weighted by atomic mass is 9.94. The molecule has 2 atom stereocenters. The Balaban J connectivity index is 1.82. The number of aryl methyl sites for hydroxylation is 1. The third kappa shape index (κ3) is 4.35. The molecule has 1 heterocycles. The zero-order valence-corrected chi connectivity index (χ0v) is 17.1. The van der Waals surface area contributed by atoms with Gasteiger partial charge in [-0.15, -0.1) is 11.6 Å². The van der Waals surface area contributed by atoms with Gasteiger partial charge in [-0.3, -0.25) is 19.8 Å². The van der Waals surface area contributed by atoms with Gasteiger partial charge in [-0.05, 0) is 31.5 Å². The molecule has 1 fully saturated rings. The van der Waals surface area contributed by atoms with Crippen molar-refractivity contribution >= 4 is 35.0 Å². The van der Waals surface area contributed by atoms with Crippen molar-refractivity contribution in [2.75, 3.05) is 11.9 Å². The molecule has 0 saturated carbocycles. The number of rotatable bonds is 6. The van der Waals surface area contributed by atoms with Gasteiger partial charge in [-0.25, -0.2) is 5.01 Å². The number of hydrogen-bond donors (Lipinski definition) is 2. The van der Waals surface area contributed by atoms with Crippen LogP contribution in [0.5, 0.6) is 5.75 Å². The molecule has 3 amide bonds. The summed E-state index contributed by atoms with van der Waals surface area (Å²) in [6.45, 7) is 5.48. The lowest BCUT2D eigenvalue weighted by Gasteiger charge is -2.44. The third-order valence-electron chi connectivity index (χ3n) is 4.52. The molecule has 2 aromatic carbocycles. The zero-order chi connectivity index (χ0) is 21.1. The number of amides is 3. The van der Waals surface area contributed by atoms with Gasteiger partial charge in [-0.2, -0.15) is 0 Å². The number of hydrazine groups is 1. The maximum atomic E-state index is 12.8. The van der Waals surface area contributed by atoms with Crippen molar-refractivity contribution in [1.29, 1.82) is 0 Å². The van der Waals surface area contributed by atoms with Crippen molar-refractivity contribution < 1.29 is 19.1 Å². The van der Waals surface area contributed by atoms with E-state index in [4.69, 9.17) is 16.3 Å². The Morgan fingerprint density at radius 2 is 1.86 bits per heavy atom. The van der Waals surface area contributed by atoms with Crippen molar-refractivity contribution in [3.8, 4) is 5.75 Å². The number of alkyl halides is 1. The van der Waals surface area contributed by atoms with Crippen molar-refractivity contribution in [2.45, 2.75) is 32.2 Å². The second-order valence-corrected chi connectivity index (χ2v) is 7.20. The lowest BCUT2D eigenvalue weighted by molar-refractivity contribution is -0.149. The number of β-lactam (4-membered cyclic amide) rings is 1. The van der Waals surface area contributed by atoms with Crippen LogP contribution < -0.4 is 15.5 Å². The highest BCUT2D eigenvalue weighted by Crippen LogP contribution is 2.37. The van der Waals surface area contributed by atoms with E-state index in [9.17, 15) is 14.4 Å². The molecule has 3 rings (SSSR count). The highest BCUT2D eigenvalue weighted by Gasteiger charge is 2.48. The average Bonchev–Trinajstić information content (AvgIpc) is 2.68. The first-order valence-corrected chi connectivity index (χ1v) is 9.64. The van der Waals surface area contributed by atoms with Gasteiger partial charge in [0.05, 0.1) is 12.2 Å². The predicted octanol–water partition coefficient (Wildman–Crippen LogP) is 3.19. The summed E-state index contributed by atoms with van der Waals surface area (Å²) in [7, 11) is 0. The smallest absolute Gasteiger partial charge is 0.273 e. The molecule has 0 aliphatic carbocycles. The maximum absolute atomic E-state index is 12.8. The molecule has 0 aromatic heterocycles. The molecule has 2 aromatic rings. The Morgan fingerprint density at radius 1 is 1.17 bits per heavy atom. The largest absolute Gasteiger partial charge is 0.493 e. The summed E-state index contributed by atoms with van der Waals surface area (Å²) in [6.07, 6.45) is 0. The third-order valence-corrected chi connectivity index (χ3v) is 4.94. The van der Waals surface area contributed by atoms with E-state index in [-0.39, 0.29) is 17.4 Å². The summed E-state index contributed by atoms with van der Waals surface area (Å²) in [6, 6.07) is 11.9. The fourth-order valence-corrected chi connectivity index (χ4v) is 3.46. The molecule has 0 radical (unpaired) electrons. The second kappa shape index (κ2) is 8.53. The van der Waals surface area contributed by atoms with Gasteiger partial charge >= 0.3 is 0 Å². The maximum Gasteiger partial charge on any atom is 0.273 e. The summed E-state index contributed by atoms with van der Waals surface area (Å²) >= 11 is 6.21. The number of anilines is 1. The number of nitrogens with zero attached hydrogens (tertiary/aromatic N) is 1. The number of nitrogens with one attached hydrogen (secondary N) is 2. The monoisotopic (exact) mass is 415 g/mol. The van der Waals surface area contributed by atoms with Crippen LogP contribution in [0, 0.1) is 6.92 Å². The summed E-state index contributed by atoms with van der Waals surface area (Å²) in [4.78, 5) is 36.4.